The summed E-state index contributed by atoms with van der Waals surface area (Å²) in [7, 11) is 0. The van der Waals surface area contributed by atoms with Gasteiger partial charge in [-0.2, -0.15) is 0 Å². The minimum absolute atomic E-state index is 0.251. The van der Waals surface area contributed by atoms with Crippen LogP contribution in [0, 0.1) is 5.92 Å². The van der Waals surface area contributed by atoms with Crippen molar-refractivity contribution in [1.29, 1.82) is 0 Å². The molecule has 0 atom stereocenters. The summed E-state index contributed by atoms with van der Waals surface area (Å²) in [6.45, 7) is 0.648. The Morgan fingerprint density at radius 1 is 1.37 bits per heavy atom. The van der Waals surface area contributed by atoms with Crippen LogP contribution in [0.5, 0.6) is 0 Å². The highest BCUT2D eigenvalue weighted by Gasteiger charge is 2.27. The number of carboxylic acid groups (broad SMARTS) is 1. The van der Waals surface area contributed by atoms with Crippen LogP contribution in [-0.2, 0) is 11.3 Å². The molecule has 2 amide bonds. The maximum absolute atomic E-state index is 12.0. The molecule has 1 heterocycles. The minimum Gasteiger partial charge on any atom is -0.480 e. The Morgan fingerprint density at radius 3 is 2.63 bits per heavy atom. The van der Waals surface area contributed by atoms with E-state index >= 15 is 0 Å². The fourth-order valence-electron chi connectivity index (χ4n) is 1.78. The van der Waals surface area contributed by atoms with Crippen LogP contribution in [0.4, 0.5) is 4.79 Å². The van der Waals surface area contributed by atoms with E-state index in [4.69, 9.17) is 5.11 Å². The van der Waals surface area contributed by atoms with Crippen LogP contribution >= 0.6 is 0 Å². The molecule has 6 nitrogen and oxygen atoms in total. The summed E-state index contributed by atoms with van der Waals surface area (Å²) in [4.78, 5) is 28.0. The number of nitrogens with zero attached hydrogens (tertiary/aromatic N) is 2. The van der Waals surface area contributed by atoms with Gasteiger partial charge in [0.2, 0.25) is 0 Å². The summed E-state index contributed by atoms with van der Waals surface area (Å²) in [5.41, 5.74) is 0.935. The van der Waals surface area contributed by atoms with E-state index in [9.17, 15) is 9.59 Å². The molecule has 0 saturated heterocycles. The zero-order chi connectivity index (χ0) is 13.7. The average Bonchev–Trinajstić information content (AvgIpc) is 3.20. The van der Waals surface area contributed by atoms with Crippen LogP contribution in [0.1, 0.15) is 18.4 Å². The van der Waals surface area contributed by atoms with E-state index in [0.717, 1.165) is 18.4 Å². The molecule has 1 aliphatic carbocycles. The molecule has 1 aromatic rings. The largest absolute Gasteiger partial charge is 0.480 e. The number of urea groups is 1. The summed E-state index contributed by atoms with van der Waals surface area (Å²) in [5.74, 6) is -0.522. The zero-order valence-electron chi connectivity index (χ0n) is 10.6. The Morgan fingerprint density at radius 2 is 2.05 bits per heavy atom. The van der Waals surface area contributed by atoms with Gasteiger partial charge in [-0.1, -0.05) is 0 Å². The van der Waals surface area contributed by atoms with Gasteiger partial charge in [0.05, 0.1) is 0 Å². The molecule has 19 heavy (non-hydrogen) atoms. The molecule has 1 saturated carbocycles. The highest BCUT2D eigenvalue weighted by molar-refractivity contribution is 5.80. The van der Waals surface area contributed by atoms with Gasteiger partial charge in [-0.05, 0) is 36.5 Å². The quantitative estimate of drug-likeness (QED) is 0.804. The number of aliphatic carboxylic acids is 1. The number of carbonyl (C=O) groups excluding carboxylic acids is 1. The van der Waals surface area contributed by atoms with Gasteiger partial charge in [-0.25, -0.2) is 4.79 Å². The smallest absolute Gasteiger partial charge is 0.323 e. The maximum atomic E-state index is 12.0. The third kappa shape index (κ3) is 4.57. The van der Waals surface area contributed by atoms with Crippen molar-refractivity contribution in [2.75, 3.05) is 13.1 Å². The number of carboxylic acids is 1. The lowest BCUT2D eigenvalue weighted by Gasteiger charge is -2.21. The number of aromatic nitrogens is 1. The fraction of sp³-hybridized carbons (Fsp3) is 0.462. The molecule has 0 aromatic carbocycles. The molecule has 1 fully saturated rings. The van der Waals surface area contributed by atoms with Crippen molar-refractivity contribution < 1.29 is 14.7 Å². The number of carbonyl (C=O) groups is 2. The summed E-state index contributed by atoms with van der Waals surface area (Å²) in [6.07, 6.45) is 5.46. The Bertz CT molecular complexity index is 446. The van der Waals surface area contributed by atoms with E-state index in [-0.39, 0.29) is 12.6 Å². The van der Waals surface area contributed by atoms with Crippen LogP contribution < -0.4 is 5.32 Å². The first-order valence-electron chi connectivity index (χ1n) is 6.28. The molecule has 0 radical (unpaired) electrons. The van der Waals surface area contributed by atoms with Crippen molar-refractivity contribution in [3.05, 3.63) is 30.1 Å². The summed E-state index contributed by atoms with van der Waals surface area (Å²) >= 11 is 0. The maximum Gasteiger partial charge on any atom is 0.323 e. The number of pyridine rings is 1. The SMILES string of the molecule is O=C(O)CN(CC1CC1)C(=O)NCc1ccncc1. The third-order valence-electron chi connectivity index (χ3n) is 2.98. The lowest BCUT2D eigenvalue weighted by molar-refractivity contribution is -0.137. The summed E-state index contributed by atoms with van der Waals surface area (Å²) < 4.78 is 0. The van der Waals surface area contributed by atoms with Gasteiger partial charge in [0.1, 0.15) is 6.54 Å². The van der Waals surface area contributed by atoms with Crippen LogP contribution in [0.2, 0.25) is 0 Å². The number of rotatable bonds is 6. The first kappa shape index (κ1) is 13.3. The standard InChI is InChI=1S/C13H17N3O3/c17-12(18)9-16(8-11-1-2-11)13(19)15-7-10-3-5-14-6-4-10/h3-6,11H,1-2,7-9H2,(H,15,19)(H,17,18). The van der Waals surface area contributed by atoms with Crippen LogP contribution in [-0.4, -0.2) is 40.1 Å². The molecule has 1 aliphatic rings. The normalized spacial score (nSPS) is 13.9. The summed E-state index contributed by atoms with van der Waals surface area (Å²) in [6, 6.07) is 3.29. The predicted octanol–water partition coefficient (Wildman–Crippen LogP) is 1.09. The molecule has 2 rings (SSSR count). The van der Waals surface area contributed by atoms with Gasteiger partial charge in [0.15, 0.2) is 0 Å². The molecular formula is C13H17N3O3. The number of hydrogen-bond donors (Lipinski definition) is 2. The van der Waals surface area contributed by atoms with Crippen LogP contribution in [0.25, 0.3) is 0 Å². The molecule has 1 aromatic heterocycles. The Labute approximate surface area is 111 Å². The lowest BCUT2D eigenvalue weighted by Crippen LogP contribution is -2.43. The molecule has 0 aliphatic heterocycles. The molecule has 2 N–H and O–H groups in total. The van der Waals surface area contributed by atoms with E-state index in [0.29, 0.717) is 19.0 Å². The van der Waals surface area contributed by atoms with E-state index in [2.05, 4.69) is 10.3 Å². The topological polar surface area (TPSA) is 82.5 Å². The lowest BCUT2D eigenvalue weighted by atomic mass is 10.3. The van der Waals surface area contributed by atoms with Gasteiger partial charge in [0.25, 0.3) is 0 Å². The molecule has 0 unspecified atom stereocenters. The highest BCUT2D eigenvalue weighted by Crippen LogP contribution is 2.29. The highest BCUT2D eigenvalue weighted by atomic mass is 16.4. The second-order valence-corrected chi connectivity index (χ2v) is 4.73. The zero-order valence-corrected chi connectivity index (χ0v) is 10.6. The predicted molar refractivity (Wildman–Crippen MR) is 68.4 cm³/mol. The second kappa shape index (κ2) is 6.17. The van der Waals surface area contributed by atoms with Crippen LogP contribution in [0.3, 0.4) is 0 Å². The third-order valence-corrected chi connectivity index (χ3v) is 2.98. The van der Waals surface area contributed by atoms with Gasteiger partial charge in [-0.3, -0.25) is 9.78 Å². The van der Waals surface area contributed by atoms with Crippen molar-refractivity contribution >= 4 is 12.0 Å². The Hall–Kier alpha value is -2.11. The van der Waals surface area contributed by atoms with E-state index < -0.39 is 5.97 Å². The monoisotopic (exact) mass is 263 g/mol. The minimum atomic E-state index is -0.986. The molecule has 0 bridgehead atoms. The number of amides is 2. The number of hydrogen-bond acceptors (Lipinski definition) is 3. The van der Waals surface area contributed by atoms with Crippen molar-refractivity contribution in [3.63, 3.8) is 0 Å². The van der Waals surface area contributed by atoms with Gasteiger partial charge < -0.3 is 15.3 Å². The molecule has 102 valence electrons. The van der Waals surface area contributed by atoms with Gasteiger partial charge >= 0.3 is 12.0 Å². The van der Waals surface area contributed by atoms with Crippen molar-refractivity contribution in [2.45, 2.75) is 19.4 Å². The average molecular weight is 263 g/mol. The van der Waals surface area contributed by atoms with Gasteiger partial charge in [-0.15, -0.1) is 0 Å². The van der Waals surface area contributed by atoms with Gasteiger partial charge in [0, 0.05) is 25.5 Å². The Kier molecular flexibility index (Phi) is 4.33. The first-order valence-corrected chi connectivity index (χ1v) is 6.28. The molecule has 6 heteroatoms. The fourth-order valence-corrected chi connectivity index (χ4v) is 1.78. The second-order valence-electron chi connectivity index (χ2n) is 4.73. The first-order chi connectivity index (χ1) is 9.15. The van der Waals surface area contributed by atoms with Crippen molar-refractivity contribution in [1.82, 2.24) is 15.2 Å². The van der Waals surface area contributed by atoms with E-state index in [1.54, 1.807) is 12.4 Å². The van der Waals surface area contributed by atoms with E-state index in [1.165, 1.54) is 4.90 Å². The molecule has 0 spiro atoms. The summed E-state index contributed by atoms with van der Waals surface area (Å²) in [5, 5.41) is 11.6. The van der Waals surface area contributed by atoms with E-state index in [1.807, 2.05) is 12.1 Å². The van der Waals surface area contributed by atoms with Crippen molar-refractivity contribution in [2.24, 2.45) is 5.92 Å². The van der Waals surface area contributed by atoms with Crippen LogP contribution in [0.15, 0.2) is 24.5 Å². The molecular weight excluding hydrogens is 246 g/mol. The number of nitrogens with one attached hydrogen (secondary N) is 1. The Balaban J connectivity index is 1.85. The van der Waals surface area contributed by atoms with Crippen molar-refractivity contribution in [3.8, 4) is 0 Å².